The first-order valence-electron chi connectivity index (χ1n) is 9.26. The summed E-state index contributed by atoms with van der Waals surface area (Å²) in [6, 6.07) is 9.38. The van der Waals surface area contributed by atoms with Crippen molar-refractivity contribution in [3.63, 3.8) is 0 Å². The topological polar surface area (TPSA) is 84.3 Å². The first kappa shape index (κ1) is 19.8. The van der Waals surface area contributed by atoms with Gasteiger partial charge in [-0.05, 0) is 30.5 Å². The Kier molecular flexibility index (Phi) is 5.28. The lowest BCUT2D eigenvalue weighted by atomic mass is 10.0. The molecule has 3 heterocycles. The lowest BCUT2D eigenvalue weighted by Crippen LogP contribution is -2.36. The Balaban J connectivity index is 1.58. The third-order valence-corrected chi connectivity index (χ3v) is 8.08. The van der Waals surface area contributed by atoms with Crippen LogP contribution in [0.4, 0.5) is 0 Å². The number of carbonyl (C=O) groups is 1. The SMILES string of the molecule is Cc1c(S(=O)(=O)N2CCc3ccccc3C2)cc(C(=O)NCc2cncs2)n1C. The highest BCUT2D eigenvalue weighted by Crippen LogP contribution is 2.28. The molecular weight excluding hydrogens is 408 g/mol. The van der Waals surface area contributed by atoms with Crippen molar-refractivity contribution in [2.75, 3.05) is 6.54 Å². The third-order valence-electron chi connectivity index (χ3n) is 5.34. The maximum Gasteiger partial charge on any atom is 0.268 e. The maximum absolute atomic E-state index is 13.3. The lowest BCUT2D eigenvalue weighted by molar-refractivity contribution is 0.0943. The van der Waals surface area contributed by atoms with Crippen molar-refractivity contribution in [2.24, 2.45) is 7.05 Å². The third kappa shape index (κ3) is 3.73. The Hall–Kier alpha value is -2.49. The number of aromatic nitrogens is 2. The molecule has 0 spiro atoms. The molecule has 0 saturated carbocycles. The van der Waals surface area contributed by atoms with E-state index in [1.165, 1.54) is 27.3 Å². The molecule has 9 heteroatoms. The van der Waals surface area contributed by atoms with Crippen LogP contribution < -0.4 is 5.32 Å². The standard InChI is InChI=1S/C20H22N4O3S2/c1-14-19(9-18(23(14)2)20(25)22-11-17-10-21-13-28-17)29(26,27)24-8-7-15-5-3-4-6-16(15)12-24/h3-6,9-10,13H,7-8,11-12H2,1-2H3,(H,22,25). The normalized spacial score (nSPS) is 14.6. The highest BCUT2D eigenvalue weighted by atomic mass is 32.2. The second-order valence-electron chi connectivity index (χ2n) is 7.05. The predicted molar refractivity (Wildman–Crippen MR) is 111 cm³/mol. The van der Waals surface area contributed by atoms with Crippen molar-refractivity contribution < 1.29 is 13.2 Å². The summed E-state index contributed by atoms with van der Waals surface area (Å²) in [7, 11) is -1.99. The van der Waals surface area contributed by atoms with Gasteiger partial charge in [-0.25, -0.2) is 8.42 Å². The van der Waals surface area contributed by atoms with Gasteiger partial charge >= 0.3 is 0 Å². The first-order valence-corrected chi connectivity index (χ1v) is 11.6. The molecule has 0 bridgehead atoms. The summed E-state index contributed by atoms with van der Waals surface area (Å²) in [5.41, 5.74) is 4.79. The second kappa shape index (κ2) is 7.74. The van der Waals surface area contributed by atoms with E-state index in [1.807, 2.05) is 24.3 Å². The van der Waals surface area contributed by atoms with Gasteiger partial charge in [-0.15, -0.1) is 11.3 Å². The summed E-state index contributed by atoms with van der Waals surface area (Å²) < 4.78 is 29.8. The van der Waals surface area contributed by atoms with Gasteiger partial charge in [0.15, 0.2) is 0 Å². The van der Waals surface area contributed by atoms with Gasteiger partial charge in [0, 0.05) is 36.9 Å². The average molecular weight is 431 g/mol. The van der Waals surface area contributed by atoms with Gasteiger partial charge in [-0.2, -0.15) is 4.31 Å². The Morgan fingerprint density at radius 3 is 2.76 bits per heavy atom. The molecule has 0 aliphatic carbocycles. The van der Waals surface area contributed by atoms with Crippen LogP contribution in [0.2, 0.25) is 0 Å². The van der Waals surface area contributed by atoms with Crippen LogP contribution in [0.3, 0.4) is 0 Å². The fraction of sp³-hybridized carbons (Fsp3) is 0.300. The molecule has 1 aliphatic heterocycles. The van der Waals surface area contributed by atoms with Crippen LogP contribution in [0.15, 0.2) is 46.9 Å². The van der Waals surface area contributed by atoms with Gasteiger partial charge in [0.1, 0.15) is 10.6 Å². The number of sulfonamides is 1. The molecule has 1 aromatic carbocycles. The largest absolute Gasteiger partial charge is 0.346 e. The summed E-state index contributed by atoms with van der Waals surface area (Å²) in [6.45, 7) is 2.86. The molecule has 2 aromatic heterocycles. The number of thiazole rings is 1. The monoisotopic (exact) mass is 430 g/mol. The van der Waals surface area contributed by atoms with Gasteiger partial charge in [-0.3, -0.25) is 9.78 Å². The Morgan fingerprint density at radius 1 is 1.28 bits per heavy atom. The van der Waals surface area contributed by atoms with E-state index in [2.05, 4.69) is 10.3 Å². The van der Waals surface area contributed by atoms with Crippen molar-refractivity contribution in [2.45, 2.75) is 31.3 Å². The Labute approximate surface area is 174 Å². The van der Waals surface area contributed by atoms with Crippen LogP contribution in [0.1, 0.15) is 32.2 Å². The van der Waals surface area contributed by atoms with Gasteiger partial charge in [0.25, 0.3) is 5.91 Å². The van der Waals surface area contributed by atoms with Gasteiger partial charge in [0.05, 0.1) is 12.1 Å². The fourth-order valence-electron chi connectivity index (χ4n) is 3.55. The maximum atomic E-state index is 13.3. The number of nitrogens with zero attached hydrogens (tertiary/aromatic N) is 3. The van der Waals surface area contributed by atoms with Crippen molar-refractivity contribution in [3.8, 4) is 0 Å². The van der Waals surface area contributed by atoms with E-state index >= 15 is 0 Å². The van der Waals surface area contributed by atoms with Gasteiger partial charge < -0.3 is 9.88 Å². The molecule has 3 aromatic rings. The molecule has 1 amide bonds. The zero-order valence-electron chi connectivity index (χ0n) is 16.3. The Morgan fingerprint density at radius 2 is 2.03 bits per heavy atom. The minimum atomic E-state index is -3.70. The molecule has 0 unspecified atom stereocenters. The van der Waals surface area contributed by atoms with Crippen LogP contribution in [0, 0.1) is 6.92 Å². The van der Waals surface area contributed by atoms with Crippen molar-refractivity contribution in [1.29, 1.82) is 0 Å². The Bertz CT molecular complexity index is 1150. The molecular formula is C20H22N4O3S2. The fourth-order valence-corrected chi connectivity index (χ4v) is 5.78. The summed E-state index contributed by atoms with van der Waals surface area (Å²) in [5, 5.41) is 2.83. The van der Waals surface area contributed by atoms with Gasteiger partial charge in [-0.1, -0.05) is 24.3 Å². The van der Waals surface area contributed by atoms with Crippen LogP contribution in [0.25, 0.3) is 0 Å². The summed E-state index contributed by atoms with van der Waals surface area (Å²) in [6.07, 6.45) is 2.38. The lowest BCUT2D eigenvalue weighted by Gasteiger charge is -2.28. The minimum absolute atomic E-state index is 0.183. The quantitative estimate of drug-likeness (QED) is 0.674. The summed E-state index contributed by atoms with van der Waals surface area (Å²) >= 11 is 1.45. The number of carbonyl (C=O) groups excluding carboxylic acids is 1. The van der Waals surface area contributed by atoms with E-state index in [0.717, 1.165) is 10.4 Å². The minimum Gasteiger partial charge on any atom is -0.346 e. The van der Waals surface area contributed by atoms with Crippen LogP contribution in [0.5, 0.6) is 0 Å². The van der Waals surface area contributed by atoms with Crippen molar-refractivity contribution in [1.82, 2.24) is 19.2 Å². The second-order valence-corrected chi connectivity index (χ2v) is 9.92. The van der Waals surface area contributed by atoms with Crippen molar-refractivity contribution >= 4 is 27.3 Å². The molecule has 0 radical (unpaired) electrons. The van der Waals surface area contributed by atoms with E-state index in [0.29, 0.717) is 37.4 Å². The van der Waals surface area contributed by atoms with Crippen LogP contribution in [-0.2, 0) is 36.6 Å². The number of nitrogens with one attached hydrogen (secondary N) is 1. The smallest absolute Gasteiger partial charge is 0.268 e. The average Bonchev–Trinajstić information content (AvgIpc) is 3.35. The molecule has 1 N–H and O–H groups in total. The number of rotatable bonds is 5. The number of hydrogen-bond acceptors (Lipinski definition) is 5. The molecule has 0 fully saturated rings. The molecule has 1 aliphatic rings. The molecule has 7 nitrogen and oxygen atoms in total. The molecule has 0 saturated heterocycles. The zero-order chi connectivity index (χ0) is 20.6. The van der Waals surface area contributed by atoms with E-state index in [1.54, 1.807) is 30.2 Å². The van der Waals surface area contributed by atoms with E-state index in [9.17, 15) is 13.2 Å². The first-order chi connectivity index (χ1) is 13.9. The molecule has 0 atom stereocenters. The number of hydrogen-bond donors (Lipinski definition) is 1. The van der Waals surface area contributed by atoms with E-state index < -0.39 is 10.0 Å². The van der Waals surface area contributed by atoms with E-state index in [4.69, 9.17) is 0 Å². The van der Waals surface area contributed by atoms with Crippen LogP contribution in [-0.4, -0.2) is 34.7 Å². The highest BCUT2D eigenvalue weighted by Gasteiger charge is 2.32. The molecule has 4 rings (SSSR count). The van der Waals surface area contributed by atoms with Crippen LogP contribution >= 0.6 is 11.3 Å². The highest BCUT2D eigenvalue weighted by molar-refractivity contribution is 7.89. The van der Waals surface area contributed by atoms with Gasteiger partial charge in [0.2, 0.25) is 10.0 Å². The number of amides is 1. The van der Waals surface area contributed by atoms with E-state index in [-0.39, 0.29) is 10.8 Å². The number of benzene rings is 1. The molecule has 152 valence electrons. The summed E-state index contributed by atoms with van der Waals surface area (Å²) in [5.74, 6) is -0.311. The number of fused-ring (bicyclic) bond motifs is 1. The molecule has 29 heavy (non-hydrogen) atoms. The van der Waals surface area contributed by atoms with Crippen molar-refractivity contribution in [3.05, 3.63) is 69.4 Å². The zero-order valence-corrected chi connectivity index (χ0v) is 17.9. The summed E-state index contributed by atoms with van der Waals surface area (Å²) in [4.78, 5) is 17.7. The predicted octanol–water partition coefficient (Wildman–Crippen LogP) is 2.47.